The minimum Gasteiger partial charge on any atom is -0.495 e. The van der Waals surface area contributed by atoms with Crippen LogP contribution in [0.1, 0.15) is 29.2 Å². The normalized spacial score (nSPS) is 13.2. The predicted molar refractivity (Wildman–Crippen MR) is 136 cm³/mol. The molecule has 0 spiro atoms. The minimum absolute atomic E-state index is 0.0237. The maximum absolute atomic E-state index is 13.7. The van der Waals surface area contributed by atoms with Crippen LogP contribution in [0.2, 0.25) is 0 Å². The fourth-order valence-corrected chi connectivity index (χ4v) is 4.02. The monoisotopic (exact) mass is 526 g/mol. The zero-order valence-corrected chi connectivity index (χ0v) is 20.6. The van der Waals surface area contributed by atoms with Gasteiger partial charge in [0, 0.05) is 38.0 Å². The number of anilines is 4. The van der Waals surface area contributed by atoms with Crippen molar-refractivity contribution in [2.75, 3.05) is 24.3 Å². The van der Waals surface area contributed by atoms with Crippen LogP contribution < -0.4 is 21.1 Å². The van der Waals surface area contributed by atoms with Gasteiger partial charge >= 0.3 is 6.18 Å². The van der Waals surface area contributed by atoms with Gasteiger partial charge in [-0.25, -0.2) is 4.98 Å². The summed E-state index contributed by atoms with van der Waals surface area (Å²) in [6.07, 6.45) is -0.797. The Morgan fingerprint density at radius 2 is 1.95 bits per heavy atom. The highest BCUT2D eigenvalue weighted by molar-refractivity contribution is 5.90. The van der Waals surface area contributed by atoms with Gasteiger partial charge in [0.1, 0.15) is 17.1 Å². The Morgan fingerprint density at radius 1 is 1.16 bits per heavy atom. The van der Waals surface area contributed by atoms with Crippen molar-refractivity contribution in [1.82, 2.24) is 14.9 Å². The van der Waals surface area contributed by atoms with E-state index in [0.717, 1.165) is 17.2 Å². The van der Waals surface area contributed by atoms with Crippen LogP contribution >= 0.6 is 0 Å². The second kappa shape index (κ2) is 10.8. The number of amides is 2. The Bertz CT molecular complexity index is 1410. The predicted octanol–water partition coefficient (Wildman–Crippen LogP) is 4.39. The lowest BCUT2D eigenvalue weighted by Gasteiger charge is -2.29. The molecule has 0 radical (unpaired) electrons. The molecule has 1 aliphatic rings. The van der Waals surface area contributed by atoms with Gasteiger partial charge in [-0.3, -0.25) is 9.59 Å². The lowest BCUT2D eigenvalue weighted by atomic mass is 9.98. The highest BCUT2D eigenvalue weighted by Gasteiger charge is 2.35. The van der Waals surface area contributed by atoms with E-state index in [0.29, 0.717) is 48.4 Å². The van der Waals surface area contributed by atoms with Crippen LogP contribution in [-0.2, 0) is 28.7 Å². The standard InChI is InChI=1S/C26H25F3N6O3/c1-15(36)35-9-8-17-11-21(22(38-2)12-18(17)14-35)33-25-31-13-20(26(27,28)29)24(34-25)32-19-5-3-4-16(10-19)6-7-23(30)37/h3-7,10-13H,8-9,14H2,1-2H3,(H2,30,37)(H2,31,32,33,34). The third kappa shape index (κ3) is 6.20. The first-order chi connectivity index (χ1) is 18.0. The third-order valence-electron chi connectivity index (χ3n) is 5.91. The topological polar surface area (TPSA) is 122 Å². The number of fused-ring (bicyclic) bond motifs is 1. The van der Waals surface area contributed by atoms with Gasteiger partial charge in [-0.1, -0.05) is 12.1 Å². The SMILES string of the molecule is COc1cc2c(cc1Nc1ncc(C(F)(F)F)c(Nc3cccc(C=CC(N)=O)c3)n1)CCN(C(C)=O)C2. The summed E-state index contributed by atoms with van der Waals surface area (Å²) in [5, 5.41) is 5.66. The highest BCUT2D eigenvalue weighted by atomic mass is 19.4. The molecule has 2 amide bonds. The number of benzene rings is 2. The fraction of sp³-hybridized carbons (Fsp3) is 0.231. The van der Waals surface area contributed by atoms with Gasteiger partial charge in [0.25, 0.3) is 0 Å². The number of carbonyl (C=O) groups excluding carboxylic acids is 2. The molecule has 4 N–H and O–H groups in total. The first-order valence-electron chi connectivity index (χ1n) is 11.5. The molecule has 0 saturated heterocycles. The van der Waals surface area contributed by atoms with E-state index in [1.54, 1.807) is 35.2 Å². The summed E-state index contributed by atoms with van der Waals surface area (Å²) in [5.74, 6) is -0.779. The Labute approximate surface area is 216 Å². The summed E-state index contributed by atoms with van der Waals surface area (Å²) >= 11 is 0. The zero-order chi connectivity index (χ0) is 27.4. The molecule has 2 aromatic carbocycles. The van der Waals surface area contributed by atoms with Crippen molar-refractivity contribution in [3.63, 3.8) is 0 Å². The number of nitrogens with zero attached hydrogens (tertiary/aromatic N) is 3. The van der Waals surface area contributed by atoms with Crippen LogP contribution in [0.15, 0.2) is 48.7 Å². The van der Waals surface area contributed by atoms with Crippen molar-refractivity contribution < 1.29 is 27.5 Å². The van der Waals surface area contributed by atoms with E-state index < -0.39 is 23.5 Å². The maximum atomic E-state index is 13.7. The average molecular weight is 527 g/mol. The molecular weight excluding hydrogens is 501 g/mol. The number of halogens is 3. The number of methoxy groups -OCH3 is 1. The van der Waals surface area contributed by atoms with E-state index >= 15 is 0 Å². The quantitative estimate of drug-likeness (QED) is 0.390. The maximum Gasteiger partial charge on any atom is 0.421 e. The number of hydrogen-bond acceptors (Lipinski definition) is 7. The van der Waals surface area contributed by atoms with Crippen molar-refractivity contribution >= 4 is 41.0 Å². The van der Waals surface area contributed by atoms with Crippen LogP contribution in [-0.4, -0.2) is 40.3 Å². The molecule has 0 unspecified atom stereocenters. The first kappa shape index (κ1) is 26.5. The molecule has 2 heterocycles. The molecule has 9 nitrogen and oxygen atoms in total. The summed E-state index contributed by atoms with van der Waals surface area (Å²) in [6.45, 7) is 2.52. The summed E-state index contributed by atoms with van der Waals surface area (Å²) in [5.41, 5.74) is 7.31. The molecule has 12 heteroatoms. The van der Waals surface area contributed by atoms with E-state index in [-0.39, 0.29) is 11.9 Å². The molecule has 1 aliphatic heterocycles. The molecule has 1 aromatic heterocycles. The first-order valence-corrected chi connectivity index (χ1v) is 11.5. The van der Waals surface area contributed by atoms with Gasteiger partial charge in [-0.15, -0.1) is 0 Å². The van der Waals surface area contributed by atoms with Crippen LogP contribution in [0.4, 0.5) is 36.3 Å². The van der Waals surface area contributed by atoms with Gasteiger partial charge in [-0.2, -0.15) is 18.2 Å². The smallest absolute Gasteiger partial charge is 0.421 e. The van der Waals surface area contributed by atoms with Crippen molar-refractivity contribution in [3.05, 3.63) is 70.9 Å². The van der Waals surface area contributed by atoms with E-state index in [9.17, 15) is 22.8 Å². The Kier molecular flexibility index (Phi) is 7.51. The van der Waals surface area contributed by atoms with Crippen LogP contribution in [0, 0.1) is 0 Å². The summed E-state index contributed by atoms with van der Waals surface area (Å²) in [7, 11) is 1.47. The largest absolute Gasteiger partial charge is 0.495 e. The van der Waals surface area contributed by atoms with E-state index in [2.05, 4.69) is 20.6 Å². The molecule has 0 aliphatic carbocycles. The highest BCUT2D eigenvalue weighted by Crippen LogP contribution is 2.37. The van der Waals surface area contributed by atoms with Gasteiger partial charge in [0.05, 0.1) is 12.8 Å². The van der Waals surface area contributed by atoms with Gasteiger partial charge in [-0.05, 0) is 53.5 Å². The number of alkyl halides is 3. The Balaban J connectivity index is 1.65. The fourth-order valence-electron chi connectivity index (χ4n) is 4.02. The molecule has 0 atom stereocenters. The molecule has 0 saturated carbocycles. The molecule has 4 rings (SSSR count). The van der Waals surface area contributed by atoms with Crippen LogP contribution in [0.5, 0.6) is 5.75 Å². The Morgan fingerprint density at radius 3 is 2.63 bits per heavy atom. The number of ether oxygens (including phenoxy) is 1. The third-order valence-corrected chi connectivity index (χ3v) is 5.91. The van der Waals surface area contributed by atoms with Crippen LogP contribution in [0.3, 0.4) is 0 Å². The van der Waals surface area contributed by atoms with Crippen molar-refractivity contribution in [2.24, 2.45) is 5.73 Å². The van der Waals surface area contributed by atoms with E-state index in [1.165, 1.54) is 20.1 Å². The lowest BCUT2D eigenvalue weighted by molar-refractivity contribution is -0.137. The van der Waals surface area contributed by atoms with E-state index in [4.69, 9.17) is 10.5 Å². The number of nitrogens with two attached hydrogens (primary N) is 1. The molecule has 198 valence electrons. The average Bonchev–Trinajstić information content (AvgIpc) is 2.86. The number of primary amides is 1. The second-order valence-corrected chi connectivity index (χ2v) is 8.58. The number of aromatic nitrogens is 2. The molecule has 3 aromatic rings. The van der Waals surface area contributed by atoms with Gasteiger partial charge in [0.15, 0.2) is 0 Å². The molecular formula is C26H25F3N6O3. The van der Waals surface area contributed by atoms with Crippen LogP contribution in [0.25, 0.3) is 6.08 Å². The molecule has 0 bridgehead atoms. The van der Waals surface area contributed by atoms with Crippen molar-refractivity contribution in [1.29, 1.82) is 0 Å². The van der Waals surface area contributed by atoms with E-state index in [1.807, 2.05) is 6.07 Å². The Hall–Kier alpha value is -4.61. The molecule has 38 heavy (non-hydrogen) atoms. The number of nitrogens with one attached hydrogen (secondary N) is 2. The summed E-state index contributed by atoms with van der Waals surface area (Å²) < 4.78 is 46.7. The van der Waals surface area contributed by atoms with Gasteiger partial charge < -0.3 is 26.0 Å². The number of rotatable bonds is 7. The van der Waals surface area contributed by atoms with Crippen molar-refractivity contribution in [3.8, 4) is 5.75 Å². The number of carbonyl (C=O) groups is 2. The summed E-state index contributed by atoms with van der Waals surface area (Å²) in [4.78, 5) is 32.5. The molecule has 0 fully saturated rings. The zero-order valence-electron chi connectivity index (χ0n) is 20.6. The minimum atomic E-state index is -4.71. The number of hydrogen-bond donors (Lipinski definition) is 3. The van der Waals surface area contributed by atoms with Crippen molar-refractivity contribution in [2.45, 2.75) is 26.1 Å². The lowest BCUT2D eigenvalue weighted by Crippen LogP contribution is -2.34. The van der Waals surface area contributed by atoms with Gasteiger partial charge in [0.2, 0.25) is 17.8 Å². The summed E-state index contributed by atoms with van der Waals surface area (Å²) in [6, 6.07) is 10.0. The second-order valence-electron chi connectivity index (χ2n) is 8.58.